The molecule has 0 aliphatic heterocycles. The first-order chi connectivity index (χ1) is 6.56. The number of hydrogen-bond donors (Lipinski definition) is 1. The Morgan fingerprint density at radius 1 is 1.36 bits per heavy atom. The standard InChI is InChI=1S/C10H13NO2S/c1-14(12,13)11-10-7-6-8-4-2-3-5-9(8)10/h2-5,10-11H,6-7H2,1H3. The number of hydrogen-bond acceptors (Lipinski definition) is 2. The third-order valence-corrected chi connectivity index (χ3v) is 3.20. The summed E-state index contributed by atoms with van der Waals surface area (Å²) in [6, 6.07) is 7.95. The van der Waals surface area contributed by atoms with E-state index >= 15 is 0 Å². The first-order valence-electron chi connectivity index (χ1n) is 4.61. The Morgan fingerprint density at radius 3 is 2.79 bits per heavy atom. The van der Waals surface area contributed by atoms with Crippen molar-refractivity contribution in [1.82, 2.24) is 4.72 Å². The molecule has 0 radical (unpaired) electrons. The lowest BCUT2D eigenvalue weighted by Gasteiger charge is -2.11. The second-order valence-corrected chi connectivity index (χ2v) is 5.46. The van der Waals surface area contributed by atoms with Gasteiger partial charge in [-0.2, -0.15) is 0 Å². The van der Waals surface area contributed by atoms with E-state index < -0.39 is 10.0 Å². The number of nitrogens with one attached hydrogen (secondary N) is 1. The van der Waals surface area contributed by atoms with Gasteiger partial charge in [0.05, 0.1) is 6.26 Å². The summed E-state index contributed by atoms with van der Waals surface area (Å²) < 4.78 is 24.8. The summed E-state index contributed by atoms with van der Waals surface area (Å²) in [5, 5.41) is 0. The topological polar surface area (TPSA) is 46.2 Å². The molecule has 0 heterocycles. The summed E-state index contributed by atoms with van der Waals surface area (Å²) in [5.41, 5.74) is 2.38. The third kappa shape index (κ3) is 1.96. The van der Waals surface area contributed by atoms with Gasteiger partial charge in [0.2, 0.25) is 10.0 Å². The van der Waals surface area contributed by atoms with Gasteiger partial charge in [0, 0.05) is 6.04 Å². The molecule has 4 heteroatoms. The Morgan fingerprint density at radius 2 is 2.07 bits per heavy atom. The normalized spacial score (nSPS) is 20.8. The van der Waals surface area contributed by atoms with Crippen LogP contribution in [-0.4, -0.2) is 14.7 Å². The molecule has 0 aromatic heterocycles. The van der Waals surface area contributed by atoms with Crippen molar-refractivity contribution in [1.29, 1.82) is 0 Å². The van der Waals surface area contributed by atoms with Crippen molar-refractivity contribution in [3.8, 4) is 0 Å². The number of rotatable bonds is 2. The van der Waals surface area contributed by atoms with Crippen molar-refractivity contribution in [2.24, 2.45) is 0 Å². The van der Waals surface area contributed by atoms with Gasteiger partial charge in [0.25, 0.3) is 0 Å². The number of aryl methyl sites for hydroxylation is 1. The van der Waals surface area contributed by atoms with Gasteiger partial charge in [-0.15, -0.1) is 0 Å². The Labute approximate surface area is 84.2 Å². The lowest BCUT2D eigenvalue weighted by molar-refractivity contribution is 0.560. The fraction of sp³-hybridized carbons (Fsp3) is 0.400. The van der Waals surface area contributed by atoms with E-state index in [1.54, 1.807) is 0 Å². The average Bonchev–Trinajstić information content (AvgIpc) is 2.47. The average molecular weight is 211 g/mol. The lowest BCUT2D eigenvalue weighted by Crippen LogP contribution is -2.25. The first kappa shape index (κ1) is 9.68. The molecule has 0 saturated carbocycles. The van der Waals surface area contributed by atoms with Gasteiger partial charge in [-0.25, -0.2) is 13.1 Å². The maximum atomic E-state index is 11.1. The van der Waals surface area contributed by atoms with E-state index in [0.29, 0.717) is 0 Å². The molecule has 1 aromatic carbocycles. The Hall–Kier alpha value is -0.870. The monoisotopic (exact) mass is 211 g/mol. The zero-order chi connectivity index (χ0) is 10.2. The van der Waals surface area contributed by atoms with Gasteiger partial charge in [0.15, 0.2) is 0 Å². The molecular weight excluding hydrogens is 198 g/mol. The van der Waals surface area contributed by atoms with E-state index in [0.717, 1.165) is 18.4 Å². The predicted molar refractivity (Wildman–Crippen MR) is 55.5 cm³/mol. The molecule has 0 bridgehead atoms. The van der Waals surface area contributed by atoms with Crippen LogP contribution in [0.4, 0.5) is 0 Å². The Kier molecular flexibility index (Phi) is 2.33. The molecule has 3 nitrogen and oxygen atoms in total. The van der Waals surface area contributed by atoms with Gasteiger partial charge in [-0.1, -0.05) is 24.3 Å². The number of sulfonamides is 1. The van der Waals surface area contributed by atoms with Crippen LogP contribution in [0, 0.1) is 0 Å². The smallest absolute Gasteiger partial charge is 0.209 e. The molecule has 1 N–H and O–H groups in total. The van der Waals surface area contributed by atoms with Gasteiger partial charge >= 0.3 is 0 Å². The van der Waals surface area contributed by atoms with Crippen molar-refractivity contribution >= 4 is 10.0 Å². The minimum Gasteiger partial charge on any atom is -0.213 e. The van der Waals surface area contributed by atoms with E-state index in [1.165, 1.54) is 11.8 Å². The molecule has 1 aliphatic rings. The van der Waals surface area contributed by atoms with Gasteiger partial charge in [0.1, 0.15) is 0 Å². The number of benzene rings is 1. The highest BCUT2D eigenvalue weighted by molar-refractivity contribution is 7.88. The maximum Gasteiger partial charge on any atom is 0.209 e. The van der Waals surface area contributed by atoms with Crippen LogP contribution in [0.3, 0.4) is 0 Å². The van der Waals surface area contributed by atoms with E-state index in [4.69, 9.17) is 0 Å². The second-order valence-electron chi connectivity index (χ2n) is 3.68. The largest absolute Gasteiger partial charge is 0.213 e. The Balaban J connectivity index is 2.27. The van der Waals surface area contributed by atoms with Crippen LogP contribution in [0.25, 0.3) is 0 Å². The quantitative estimate of drug-likeness (QED) is 0.799. The first-order valence-corrected chi connectivity index (χ1v) is 6.50. The highest BCUT2D eigenvalue weighted by Crippen LogP contribution is 2.30. The van der Waals surface area contributed by atoms with Crippen molar-refractivity contribution in [3.63, 3.8) is 0 Å². The molecule has 1 unspecified atom stereocenters. The summed E-state index contributed by atoms with van der Waals surface area (Å²) >= 11 is 0. The van der Waals surface area contributed by atoms with Crippen LogP contribution in [-0.2, 0) is 16.4 Å². The summed E-state index contributed by atoms with van der Waals surface area (Å²) in [6.45, 7) is 0. The number of fused-ring (bicyclic) bond motifs is 1. The summed E-state index contributed by atoms with van der Waals surface area (Å²) in [5.74, 6) is 0. The van der Waals surface area contributed by atoms with E-state index in [9.17, 15) is 8.42 Å². The zero-order valence-electron chi connectivity index (χ0n) is 8.03. The molecule has 0 saturated heterocycles. The molecule has 1 atom stereocenters. The molecule has 14 heavy (non-hydrogen) atoms. The molecule has 1 aliphatic carbocycles. The van der Waals surface area contributed by atoms with Gasteiger partial charge < -0.3 is 0 Å². The van der Waals surface area contributed by atoms with Crippen molar-refractivity contribution in [2.75, 3.05) is 6.26 Å². The predicted octanol–water partition coefficient (Wildman–Crippen LogP) is 1.22. The van der Waals surface area contributed by atoms with Crippen LogP contribution in [0.5, 0.6) is 0 Å². The van der Waals surface area contributed by atoms with E-state index in [1.807, 2.05) is 18.2 Å². The lowest BCUT2D eigenvalue weighted by atomic mass is 10.1. The maximum absolute atomic E-state index is 11.1. The van der Waals surface area contributed by atoms with Crippen LogP contribution >= 0.6 is 0 Å². The highest BCUT2D eigenvalue weighted by atomic mass is 32.2. The van der Waals surface area contributed by atoms with Gasteiger partial charge in [-0.05, 0) is 24.0 Å². The van der Waals surface area contributed by atoms with Crippen molar-refractivity contribution < 1.29 is 8.42 Å². The van der Waals surface area contributed by atoms with E-state index in [-0.39, 0.29) is 6.04 Å². The van der Waals surface area contributed by atoms with Gasteiger partial charge in [-0.3, -0.25) is 0 Å². The molecule has 0 spiro atoms. The fourth-order valence-corrected chi connectivity index (χ4v) is 2.70. The van der Waals surface area contributed by atoms with Crippen LogP contribution < -0.4 is 4.72 Å². The molecule has 2 rings (SSSR count). The molecule has 0 amide bonds. The minimum absolute atomic E-state index is 0.0267. The Bertz CT molecular complexity index is 439. The summed E-state index contributed by atoms with van der Waals surface area (Å²) in [7, 11) is -3.10. The summed E-state index contributed by atoms with van der Waals surface area (Å²) in [4.78, 5) is 0. The molecular formula is C10H13NO2S. The van der Waals surface area contributed by atoms with Crippen LogP contribution in [0.2, 0.25) is 0 Å². The summed E-state index contributed by atoms with van der Waals surface area (Å²) in [6.07, 6.45) is 3.03. The zero-order valence-corrected chi connectivity index (χ0v) is 8.84. The van der Waals surface area contributed by atoms with Crippen LogP contribution in [0.1, 0.15) is 23.6 Å². The molecule has 0 fully saturated rings. The van der Waals surface area contributed by atoms with E-state index in [2.05, 4.69) is 10.8 Å². The van der Waals surface area contributed by atoms with Crippen LogP contribution in [0.15, 0.2) is 24.3 Å². The third-order valence-electron chi connectivity index (χ3n) is 2.49. The second kappa shape index (κ2) is 3.37. The molecule has 76 valence electrons. The fourth-order valence-electron chi connectivity index (χ4n) is 1.94. The highest BCUT2D eigenvalue weighted by Gasteiger charge is 2.23. The van der Waals surface area contributed by atoms with Crippen molar-refractivity contribution in [2.45, 2.75) is 18.9 Å². The van der Waals surface area contributed by atoms with Crippen molar-refractivity contribution in [3.05, 3.63) is 35.4 Å². The minimum atomic E-state index is -3.10. The SMILES string of the molecule is CS(=O)(=O)NC1CCc2ccccc21. The molecule has 1 aromatic rings.